The third-order valence-electron chi connectivity index (χ3n) is 3.69. The fourth-order valence-corrected chi connectivity index (χ4v) is 3.12. The van der Waals surface area contributed by atoms with Crippen LogP contribution in [0.3, 0.4) is 0 Å². The van der Waals surface area contributed by atoms with Crippen LogP contribution < -0.4 is 5.32 Å². The zero-order chi connectivity index (χ0) is 13.0. The van der Waals surface area contributed by atoms with Gasteiger partial charge in [0.25, 0.3) is 0 Å². The number of thioether (sulfide) groups is 1. The maximum absolute atomic E-state index is 5.97. The van der Waals surface area contributed by atoms with Crippen molar-refractivity contribution < 1.29 is 0 Å². The van der Waals surface area contributed by atoms with E-state index >= 15 is 0 Å². The summed E-state index contributed by atoms with van der Waals surface area (Å²) in [5, 5.41) is 4.64. The van der Waals surface area contributed by atoms with Gasteiger partial charge < -0.3 is 5.32 Å². The molecule has 1 aliphatic rings. The highest BCUT2D eigenvalue weighted by molar-refractivity contribution is 7.98. The van der Waals surface area contributed by atoms with Gasteiger partial charge in [-0.3, -0.25) is 0 Å². The lowest BCUT2D eigenvalue weighted by atomic mass is 9.80. The van der Waals surface area contributed by atoms with E-state index in [0.29, 0.717) is 5.15 Å². The molecule has 1 N–H and O–H groups in total. The molecule has 1 aromatic rings. The fourth-order valence-electron chi connectivity index (χ4n) is 2.51. The zero-order valence-corrected chi connectivity index (χ0v) is 12.5. The maximum atomic E-state index is 5.97. The van der Waals surface area contributed by atoms with E-state index in [1.54, 1.807) is 6.07 Å². The topological polar surface area (TPSA) is 37.8 Å². The van der Waals surface area contributed by atoms with Crippen molar-refractivity contribution in [3.8, 4) is 0 Å². The van der Waals surface area contributed by atoms with E-state index in [9.17, 15) is 0 Å². The number of anilines is 1. The maximum Gasteiger partial charge on any atom is 0.190 e. The highest BCUT2D eigenvalue weighted by Crippen LogP contribution is 2.29. The number of nitrogens with zero attached hydrogens (tertiary/aromatic N) is 2. The van der Waals surface area contributed by atoms with Gasteiger partial charge in [-0.2, -0.15) is 0 Å². The van der Waals surface area contributed by atoms with E-state index in [4.69, 9.17) is 11.6 Å². The van der Waals surface area contributed by atoms with Gasteiger partial charge in [-0.1, -0.05) is 49.5 Å². The smallest absolute Gasteiger partial charge is 0.190 e. The zero-order valence-electron chi connectivity index (χ0n) is 10.9. The van der Waals surface area contributed by atoms with Crippen molar-refractivity contribution in [2.75, 3.05) is 18.1 Å². The van der Waals surface area contributed by atoms with Crippen molar-refractivity contribution in [3.63, 3.8) is 0 Å². The summed E-state index contributed by atoms with van der Waals surface area (Å²) in [6.45, 7) is 3.34. The van der Waals surface area contributed by atoms with E-state index in [0.717, 1.165) is 29.4 Å². The molecule has 0 spiro atoms. The summed E-state index contributed by atoms with van der Waals surface area (Å²) in [6, 6.07) is 1.80. The van der Waals surface area contributed by atoms with E-state index in [1.807, 2.05) is 6.26 Å². The standard InChI is InChI=1S/C13H20ClN3S/c1-9-5-3-4-6-10(9)8-15-12-7-11(14)16-13(17-12)18-2/h7,9-10H,3-6,8H2,1-2H3,(H,15,16,17). The molecule has 0 saturated heterocycles. The van der Waals surface area contributed by atoms with Crippen molar-refractivity contribution in [2.24, 2.45) is 11.8 Å². The number of aromatic nitrogens is 2. The molecular weight excluding hydrogens is 266 g/mol. The van der Waals surface area contributed by atoms with Gasteiger partial charge in [0.1, 0.15) is 11.0 Å². The van der Waals surface area contributed by atoms with Crippen LogP contribution >= 0.6 is 23.4 Å². The SMILES string of the molecule is CSc1nc(Cl)cc(NCC2CCCCC2C)n1. The van der Waals surface area contributed by atoms with Crippen LogP contribution in [0.5, 0.6) is 0 Å². The van der Waals surface area contributed by atoms with Crippen LogP contribution in [0.25, 0.3) is 0 Å². The molecular formula is C13H20ClN3S. The van der Waals surface area contributed by atoms with E-state index in [-0.39, 0.29) is 0 Å². The Balaban J connectivity index is 1.94. The van der Waals surface area contributed by atoms with Gasteiger partial charge in [0.2, 0.25) is 0 Å². The molecule has 100 valence electrons. The first-order valence-corrected chi connectivity index (χ1v) is 8.11. The van der Waals surface area contributed by atoms with E-state index in [1.165, 1.54) is 37.4 Å². The van der Waals surface area contributed by atoms with Gasteiger partial charge in [-0.15, -0.1) is 0 Å². The van der Waals surface area contributed by atoms with Crippen LogP contribution in [0.15, 0.2) is 11.2 Å². The third kappa shape index (κ3) is 3.75. The van der Waals surface area contributed by atoms with Crippen molar-refractivity contribution in [3.05, 3.63) is 11.2 Å². The summed E-state index contributed by atoms with van der Waals surface area (Å²) in [5.41, 5.74) is 0. The Morgan fingerprint density at radius 3 is 2.89 bits per heavy atom. The summed E-state index contributed by atoms with van der Waals surface area (Å²) in [5.74, 6) is 2.41. The second-order valence-electron chi connectivity index (χ2n) is 4.97. The predicted molar refractivity (Wildman–Crippen MR) is 78.4 cm³/mol. The highest BCUT2D eigenvalue weighted by Gasteiger charge is 2.21. The lowest BCUT2D eigenvalue weighted by Crippen LogP contribution is -2.24. The fraction of sp³-hybridized carbons (Fsp3) is 0.692. The van der Waals surface area contributed by atoms with Crippen molar-refractivity contribution in [1.29, 1.82) is 0 Å². The Labute approximate surface area is 118 Å². The molecule has 1 fully saturated rings. The number of halogens is 1. The normalized spacial score (nSPS) is 23.9. The molecule has 0 radical (unpaired) electrons. The average molecular weight is 286 g/mol. The van der Waals surface area contributed by atoms with Crippen LogP contribution in [-0.2, 0) is 0 Å². The lowest BCUT2D eigenvalue weighted by Gasteiger charge is -2.28. The van der Waals surface area contributed by atoms with Crippen molar-refractivity contribution in [1.82, 2.24) is 9.97 Å². The van der Waals surface area contributed by atoms with Gasteiger partial charge in [-0.05, 0) is 24.5 Å². The van der Waals surface area contributed by atoms with Crippen molar-refractivity contribution in [2.45, 2.75) is 37.8 Å². The summed E-state index contributed by atoms with van der Waals surface area (Å²) >= 11 is 7.49. The average Bonchev–Trinajstić information content (AvgIpc) is 2.37. The number of hydrogen-bond acceptors (Lipinski definition) is 4. The lowest BCUT2D eigenvalue weighted by molar-refractivity contribution is 0.268. The summed E-state index contributed by atoms with van der Waals surface area (Å²) in [4.78, 5) is 8.56. The third-order valence-corrected chi connectivity index (χ3v) is 4.43. The van der Waals surface area contributed by atoms with Crippen LogP contribution in [0.1, 0.15) is 32.6 Å². The van der Waals surface area contributed by atoms with Gasteiger partial charge in [0, 0.05) is 12.6 Å². The Kier molecular flexibility index (Phi) is 5.13. The number of hydrogen-bond donors (Lipinski definition) is 1. The largest absolute Gasteiger partial charge is 0.370 e. The Bertz CT molecular complexity index is 400. The molecule has 0 aliphatic heterocycles. The number of rotatable bonds is 4. The second-order valence-corrected chi connectivity index (χ2v) is 6.13. The molecule has 0 aromatic carbocycles. The first kappa shape index (κ1) is 13.9. The minimum atomic E-state index is 0.508. The quantitative estimate of drug-likeness (QED) is 0.514. The van der Waals surface area contributed by atoms with Crippen molar-refractivity contribution >= 4 is 29.2 Å². The predicted octanol–water partition coefficient (Wildman–Crippen LogP) is 4.09. The van der Waals surface area contributed by atoms with Gasteiger partial charge >= 0.3 is 0 Å². The molecule has 2 rings (SSSR count). The molecule has 1 saturated carbocycles. The minimum absolute atomic E-state index is 0.508. The second kappa shape index (κ2) is 6.62. The molecule has 1 aliphatic carbocycles. The van der Waals surface area contributed by atoms with E-state index < -0.39 is 0 Å². The summed E-state index contributed by atoms with van der Waals surface area (Å²) in [7, 11) is 0. The Morgan fingerprint density at radius 2 is 2.17 bits per heavy atom. The molecule has 2 unspecified atom stereocenters. The van der Waals surface area contributed by atoms with Gasteiger partial charge in [-0.25, -0.2) is 9.97 Å². The van der Waals surface area contributed by atoms with Crippen LogP contribution in [0.2, 0.25) is 5.15 Å². The minimum Gasteiger partial charge on any atom is -0.370 e. The Morgan fingerprint density at radius 1 is 1.39 bits per heavy atom. The van der Waals surface area contributed by atoms with Crippen LogP contribution in [0.4, 0.5) is 5.82 Å². The van der Waals surface area contributed by atoms with Crippen LogP contribution in [-0.4, -0.2) is 22.8 Å². The monoisotopic (exact) mass is 285 g/mol. The number of nitrogens with one attached hydrogen (secondary N) is 1. The molecule has 1 heterocycles. The van der Waals surface area contributed by atoms with Gasteiger partial charge in [0.15, 0.2) is 5.16 Å². The van der Waals surface area contributed by atoms with Crippen LogP contribution in [0, 0.1) is 11.8 Å². The van der Waals surface area contributed by atoms with Gasteiger partial charge in [0.05, 0.1) is 0 Å². The molecule has 5 heteroatoms. The molecule has 3 nitrogen and oxygen atoms in total. The molecule has 0 amide bonds. The molecule has 2 atom stereocenters. The first-order chi connectivity index (χ1) is 8.69. The summed E-state index contributed by atoms with van der Waals surface area (Å²) in [6.07, 6.45) is 7.37. The highest BCUT2D eigenvalue weighted by atomic mass is 35.5. The molecule has 0 bridgehead atoms. The first-order valence-electron chi connectivity index (χ1n) is 6.51. The van der Waals surface area contributed by atoms with E-state index in [2.05, 4.69) is 22.2 Å². The Hall–Kier alpha value is -0.480. The summed E-state index contributed by atoms with van der Waals surface area (Å²) < 4.78 is 0. The molecule has 18 heavy (non-hydrogen) atoms. The molecule has 1 aromatic heterocycles.